The Kier molecular flexibility index (Phi) is 13.5. The summed E-state index contributed by atoms with van der Waals surface area (Å²) in [6, 6.07) is 0. The lowest BCUT2D eigenvalue weighted by atomic mass is 9.97. The van der Waals surface area contributed by atoms with Crippen LogP contribution in [0.5, 0.6) is 0 Å². The van der Waals surface area contributed by atoms with E-state index in [-0.39, 0.29) is 13.0 Å². The van der Waals surface area contributed by atoms with Gasteiger partial charge in [0, 0.05) is 0 Å². The van der Waals surface area contributed by atoms with Crippen LogP contribution in [0, 0.1) is 12.3 Å². The van der Waals surface area contributed by atoms with Crippen molar-refractivity contribution in [2.45, 2.75) is 77.0 Å². The van der Waals surface area contributed by atoms with Crippen molar-refractivity contribution in [3.05, 3.63) is 0 Å². The Balaban J connectivity index is 2.79. The number of terminal acetylenes is 1. The van der Waals surface area contributed by atoms with Crippen LogP contribution in [-0.4, -0.2) is 96.9 Å². The first-order chi connectivity index (χ1) is 16.4. The van der Waals surface area contributed by atoms with E-state index in [1.165, 1.54) is 0 Å². The first-order valence-electron chi connectivity index (χ1n) is 10.7. The molecular formula is C20H33O14P. The zero-order valence-corrected chi connectivity index (χ0v) is 20.8. The molecule has 0 aromatic heterocycles. The molecular weight excluding hydrogens is 495 g/mol. The van der Waals surface area contributed by atoms with E-state index >= 15 is 0 Å². The molecule has 0 bridgehead atoms. The molecule has 3 N–H and O–H groups in total. The van der Waals surface area contributed by atoms with Crippen LogP contribution in [0.4, 0.5) is 9.59 Å². The van der Waals surface area contributed by atoms with Gasteiger partial charge in [-0.15, -0.1) is 6.42 Å². The second-order valence-corrected chi connectivity index (χ2v) is 9.95. The second-order valence-electron chi connectivity index (χ2n) is 7.77. The van der Waals surface area contributed by atoms with Gasteiger partial charge in [-0.25, -0.2) is 9.59 Å². The molecule has 202 valence electrons. The molecule has 14 nitrogen and oxygen atoms in total. The lowest BCUT2D eigenvalue weighted by molar-refractivity contribution is -0.293. The van der Waals surface area contributed by atoms with E-state index in [1.807, 2.05) is 0 Å². The zero-order chi connectivity index (χ0) is 26.6. The molecule has 1 rings (SSSR count). The van der Waals surface area contributed by atoms with Gasteiger partial charge in [-0.3, -0.25) is 13.6 Å². The SMILES string of the molecule is C#CCOC1OC(CCP(=O)(OCOC(=O)OC(C)C)OCOC(=O)OC(C)C)C(O)C(O)C1O. The number of aliphatic hydroxyl groups excluding tert-OH is 3. The molecule has 1 fully saturated rings. The van der Waals surface area contributed by atoms with E-state index < -0.39 is 82.6 Å². The van der Waals surface area contributed by atoms with Gasteiger partial charge in [-0.2, -0.15) is 0 Å². The van der Waals surface area contributed by atoms with Crippen LogP contribution in [0.15, 0.2) is 0 Å². The Morgan fingerprint density at radius 1 is 0.943 bits per heavy atom. The number of aliphatic hydroxyl groups is 3. The Labute approximate surface area is 203 Å². The van der Waals surface area contributed by atoms with Crippen molar-refractivity contribution < 1.29 is 66.9 Å². The van der Waals surface area contributed by atoms with Crippen molar-refractivity contribution in [3.8, 4) is 12.3 Å². The average Bonchev–Trinajstić information content (AvgIpc) is 2.75. The summed E-state index contributed by atoms with van der Waals surface area (Å²) >= 11 is 0. The van der Waals surface area contributed by atoms with Crippen molar-refractivity contribution in [1.29, 1.82) is 0 Å². The summed E-state index contributed by atoms with van der Waals surface area (Å²) in [6.07, 6.45) is -6.07. The molecule has 0 aromatic rings. The minimum Gasteiger partial charge on any atom is -0.432 e. The number of hydrogen-bond donors (Lipinski definition) is 3. The highest BCUT2D eigenvalue weighted by Gasteiger charge is 2.45. The van der Waals surface area contributed by atoms with Crippen LogP contribution < -0.4 is 0 Å². The summed E-state index contributed by atoms with van der Waals surface area (Å²) in [4.78, 5) is 23.0. The molecule has 1 aliphatic heterocycles. The lowest BCUT2D eigenvalue weighted by Gasteiger charge is -2.40. The van der Waals surface area contributed by atoms with E-state index in [2.05, 4.69) is 15.4 Å². The fourth-order valence-electron chi connectivity index (χ4n) is 2.64. The molecule has 1 aliphatic rings. The van der Waals surface area contributed by atoms with Crippen LogP contribution >= 0.6 is 7.60 Å². The third kappa shape index (κ3) is 11.6. The van der Waals surface area contributed by atoms with Crippen molar-refractivity contribution >= 4 is 19.9 Å². The summed E-state index contributed by atoms with van der Waals surface area (Å²) in [7, 11) is -4.14. The molecule has 0 spiro atoms. The first-order valence-corrected chi connectivity index (χ1v) is 12.4. The second kappa shape index (κ2) is 15.2. The molecule has 15 heteroatoms. The van der Waals surface area contributed by atoms with Crippen LogP contribution in [0.25, 0.3) is 0 Å². The summed E-state index contributed by atoms with van der Waals surface area (Å²) in [5.74, 6) is 2.18. The van der Waals surface area contributed by atoms with Crippen LogP contribution in [0.1, 0.15) is 34.1 Å². The zero-order valence-electron chi connectivity index (χ0n) is 19.9. The highest BCUT2D eigenvalue weighted by Crippen LogP contribution is 2.49. The van der Waals surface area contributed by atoms with E-state index in [0.717, 1.165) is 0 Å². The smallest absolute Gasteiger partial charge is 0.432 e. The maximum atomic E-state index is 13.2. The van der Waals surface area contributed by atoms with Crippen molar-refractivity contribution in [3.63, 3.8) is 0 Å². The molecule has 0 aliphatic carbocycles. The largest absolute Gasteiger partial charge is 0.510 e. The summed E-state index contributed by atoms with van der Waals surface area (Å²) in [5.41, 5.74) is 0. The van der Waals surface area contributed by atoms with Gasteiger partial charge >= 0.3 is 19.9 Å². The van der Waals surface area contributed by atoms with E-state index in [1.54, 1.807) is 27.7 Å². The van der Waals surface area contributed by atoms with E-state index in [4.69, 9.17) is 34.4 Å². The van der Waals surface area contributed by atoms with Gasteiger partial charge in [0.25, 0.3) is 0 Å². The van der Waals surface area contributed by atoms with Crippen molar-refractivity contribution in [1.82, 2.24) is 0 Å². The van der Waals surface area contributed by atoms with Crippen molar-refractivity contribution in [2.75, 3.05) is 26.4 Å². The van der Waals surface area contributed by atoms with Crippen LogP contribution in [0.2, 0.25) is 0 Å². The van der Waals surface area contributed by atoms with Gasteiger partial charge in [0.2, 0.25) is 13.6 Å². The van der Waals surface area contributed by atoms with Crippen LogP contribution in [0.3, 0.4) is 0 Å². The standard InChI is InChI=1S/C20H33O14P/c1-6-8-27-18-17(23)16(22)15(21)14(34-18)7-9-35(26,30-10-28-19(24)32-12(2)3)31-11-29-20(25)33-13(4)5/h1,12-18,21-23H,7-11H2,2-5H3. The number of carbonyl (C=O) groups excluding carboxylic acids is 2. The molecule has 35 heavy (non-hydrogen) atoms. The highest BCUT2D eigenvalue weighted by atomic mass is 31.2. The third-order valence-electron chi connectivity index (χ3n) is 4.20. The van der Waals surface area contributed by atoms with Gasteiger partial charge < -0.3 is 43.7 Å². The molecule has 0 amide bonds. The normalized spacial score (nSPS) is 24.6. The topological polar surface area (TPSA) is 186 Å². The third-order valence-corrected chi connectivity index (χ3v) is 6.01. The summed E-state index contributed by atoms with van der Waals surface area (Å²) < 4.78 is 52.7. The fraction of sp³-hybridized carbons (Fsp3) is 0.800. The van der Waals surface area contributed by atoms with Gasteiger partial charge in [0.15, 0.2) is 6.29 Å². The van der Waals surface area contributed by atoms with Gasteiger partial charge in [0.1, 0.15) is 24.9 Å². The minimum atomic E-state index is -4.14. The predicted octanol–water partition coefficient (Wildman–Crippen LogP) is 1.10. The Bertz CT molecular complexity index is 719. The van der Waals surface area contributed by atoms with Crippen LogP contribution in [-0.2, 0) is 42.0 Å². The highest BCUT2D eigenvalue weighted by molar-refractivity contribution is 7.53. The maximum absolute atomic E-state index is 13.2. The fourth-order valence-corrected chi connectivity index (χ4v) is 3.97. The monoisotopic (exact) mass is 528 g/mol. The van der Waals surface area contributed by atoms with Crippen molar-refractivity contribution in [2.24, 2.45) is 0 Å². The lowest BCUT2D eigenvalue weighted by Crippen LogP contribution is -2.58. The Hall–Kier alpha value is -1.95. The van der Waals surface area contributed by atoms with Gasteiger partial charge in [-0.1, -0.05) is 5.92 Å². The number of hydrogen-bond acceptors (Lipinski definition) is 14. The first kappa shape index (κ1) is 31.1. The Morgan fingerprint density at radius 2 is 1.46 bits per heavy atom. The number of carbonyl (C=O) groups is 2. The molecule has 5 atom stereocenters. The molecule has 0 radical (unpaired) electrons. The van der Waals surface area contributed by atoms with E-state index in [9.17, 15) is 29.5 Å². The molecule has 0 aromatic carbocycles. The summed E-state index contributed by atoms with van der Waals surface area (Å²) in [5, 5.41) is 30.3. The van der Waals surface area contributed by atoms with E-state index in [0.29, 0.717) is 0 Å². The molecule has 1 heterocycles. The van der Waals surface area contributed by atoms with Gasteiger partial charge in [-0.05, 0) is 34.1 Å². The molecule has 1 saturated heterocycles. The molecule has 0 saturated carbocycles. The quantitative estimate of drug-likeness (QED) is 0.133. The Morgan fingerprint density at radius 3 is 1.91 bits per heavy atom. The number of ether oxygens (including phenoxy) is 6. The minimum absolute atomic E-state index is 0.240. The average molecular weight is 528 g/mol. The predicted molar refractivity (Wildman–Crippen MR) is 116 cm³/mol. The molecule has 5 unspecified atom stereocenters. The number of rotatable bonds is 13. The maximum Gasteiger partial charge on any atom is 0.510 e. The van der Waals surface area contributed by atoms with Gasteiger partial charge in [0.05, 0.1) is 24.5 Å². The summed E-state index contributed by atoms with van der Waals surface area (Å²) in [6.45, 7) is 4.45.